The van der Waals surface area contributed by atoms with E-state index in [9.17, 15) is 15.0 Å². The predicted octanol–water partition coefficient (Wildman–Crippen LogP) is 4.92. The first kappa shape index (κ1) is 27.4. The lowest BCUT2D eigenvalue weighted by Crippen LogP contribution is -2.41. The number of aliphatic hydroxyl groups is 1. The lowest BCUT2D eigenvalue weighted by Gasteiger charge is -2.38. The number of likely N-dealkylation sites (tertiary alicyclic amines) is 1. The second kappa shape index (κ2) is 13.3. The van der Waals surface area contributed by atoms with Crippen molar-refractivity contribution in [1.29, 1.82) is 0 Å². The van der Waals surface area contributed by atoms with Crippen LogP contribution in [0.5, 0.6) is 11.5 Å². The number of piperidine rings is 1. The van der Waals surface area contributed by atoms with Crippen LogP contribution in [0.25, 0.3) is 10.9 Å². The van der Waals surface area contributed by atoms with Crippen molar-refractivity contribution < 1.29 is 24.5 Å². The Morgan fingerprint density at radius 3 is 2.76 bits per heavy atom. The number of pyridine rings is 1. The molecule has 1 saturated heterocycles. The van der Waals surface area contributed by atoms with Crippen LogP contribution in [0, 0.1) is 23.7 Å². The van der Waals surface area contributed by atoms with Crippen molar-refractivity contribution in [3.63, 3.8) is 0 Å². The number of rotatable bonds is 10. The van der Waals surface area contributed by atoms with E-state index < -0.39 is 12.1 Å². The Morgan fingerprint density at radius 1 is 1.13 bits per heavy atom. The van der Waals surface area contributed by atoms with Crippen molar-refractivity contribution in [3.8, 4) is 23.3 Å². The second-order valence-corrected chi connectivity index (χ2v) is 9.85. The van der Waals surface area contributed by atoms with Crippen molar-refractivity contribution in [2.75, 3.05) is 33.9 Å². The summed E-state index contributed by atoms with van der Waals surface area (Å²) in [6, 6.07) is 15.3. The fourth-order valence-electron chi connectivity index (χ4n) is 5.40. The van der Waals surface area contributed by atoms with E-state index in [0.717, 1.165) is 59.5 Å². The van der Waals surface area contributed by atoms with Crippen molar-refractivity contribution in [1.82, 2.24) is 9.88 Å². The number of fused-ring (bicyclic) bond motifs is 1. The molecule has 4 rings (SSSR count). The summed E-state index contributed by atoms with van der Waals surface area (Å²) in [4.78, 5) is 18.1. The van der Waals surface area contributed by atoms with Gasteiger partial charge in [0.15, 0.2) is 0 Å². The third-order valence-corrected chi connectivity index (χ3v) is 7.49. The van der Waals surface area contributed by atoms with E-state index in [-0.39, 0.29) is 12.3 Å². The first-order valence-electron chi connectivity index (χ1n) is 13.1. The zero-order valence-electron chi connectivity index (χ0n) is 22.1. The van der Waals surface area contributed by atoms with Gasteiger partial charge in [0.1, 0.15) is 11.5 Å². The summed E-state index contributed by atoms with van der Waals surface area (Å²) in [5, 5.41) is 21.3. The summed E-state index contributed by atoms with van der Waals surface area (Å²) >= 11 is 0. The number of carboxylic acids is 1. The summed E-state index contributed by atoms with van der Waals surface area (Å²) in [6.45, 7) is 2.34. The van der Waals surface area contributed by atoms with Crippen LogP contribution < -0.4 is 9.47 Å². The van der Waals surface area contributed by atoms with Gasteiger partial charge in [-0.05, 0) is 86.0 Å². The van der Waals surface area contributed by atoms with Gasteiger partial charge in [-0.2, -0.15) is 0 Å². The second-order valence-electron chi connectivity index (χ2n) is 9.85. The van der Waals surface area contributed by atoms with E-state index in [0.29, 0.717) is 25.3 Å². The Bertz CT molecular complexity index is 1300. The number of carboxylic acid groups (broad SMARTS) is 1. The summed E-state index contributed by atoms with van der Waals surface area (Å²) in [6.07, 6.45) is 4.28. The molecule has 0 amide bonds. The normalized spacial score (nSPS) is 18.4. The number of hydrogen-bond donors (Lipinski definition) is 2. The summed E-state index contributed by atoms with van der Waals surface area (Å²) < 4.78 is 10.8. The summed E-state index contributed by atoms with van der Waals surface area (Å²) in [5.41, 5.74) is 2.53. The van der Waals surface area contributed by atoms with Gasteiger partial charge in [0, 0.05) is 24.5 Å². The van der Waals surface area contributed by atoms with Crippen LogP contribution in [0.3, 0.4) is 0 Å². The number of para-hydroxylation sites is 1. The molecule has 3 aromatic rings. The molecule has 7 heteroatoms. The molecule has 38 heavy (non-hydrogen) atoms. The van der Waals surface area contributed by atoms with Crippen LogP contribution in [-0.4, -0.2) is 59.9 Å². The number of carbonyl (C=O) groups is 1. The maximum atomic E-state index is 11.3. The molecule has 2 heterocycles. The van der Waals surface area contributed by atoms with Crippen LogP contribution in [0.4, 0.5) is 0 Å². The molecule has 2 N–H and O–H groups in total. The third kappa shape index (κ3) is 7.03. The van der Waals surface area contributed by atoms with E-state index in [1.54, 1.807) is 20.4 Å². The van der Waals surface area contributed by atoms with Crippen LogP contribution in [-0.2, 0) is 4.79 Å². The number of ether oxygens (including phenoxy) is 2. The van der Waals surface area contributed by atoms with Crippen molar-refractivity contribution in [3.05, 3.63) is 65.9 Å². The number of hydrogen-bond acceptors (Lipinski definition) is 6. The highest BCUT2D eigenvalue weighted by Crippen LogP contribution is 2.35. The van der Waals surface area contributed by atoms with Gasteiger partial charge in [0.05, 0.1) is 37.9 Å². The number of benzene rings is 2. The van der Waals surface area contributed by atoms with Gasteiger partial charge in [0.25, 0.3) is 0 Å². The van der Waals surface area contributed by atoms with Gasteiger partial charge in [-0.1, -0.05) is 24.0 Å². The number of methoxy groups -OCH3 is 2. The highest BCUT2D eigenvalue weighted by atomic mass is 16.5. The molecule has 3 atom stereocenters. The van der Waals surface area contributed by atoms with E-state index in [1.807, 2.05) is 48.5 Å². The lowest BCUT2D eigenvalue weighted by molar-refractivity contribution is -0.137. The lowest BCUT2D eigenvalue weighted by atomic mass is 9.79. The maximum absolute atomic E-state index is 11.3. The fourth-order valence-corrected chi connectivity index (χ4v) is 5.40. The average molecular weight is 517 g/mol. The molecule has 0 radical (unpaired) electrons. The number of aliphatic carboxylic acids is 1. The Kier molecular flexibility index (Phi) is 9.58. The third-order valence-electron chi connectivity index (χ3n) is 7.49. The van der Waals surface area contributed by atoms with Crippen molar-refractivity contribution in [2.45, 2.75) is 38.2 Å². The van der Waals surface area contributed by atoms with Crippen molar-refractivity contribution >= 4 is 16.9 Å². The molecule has 1 aliphatic heterocycles. The largest absolute Gasteiger partial charge is 0.497 e. The Morgan fingerprint density at radius 2 is 1.97 bits per heavy atom. The highest BCUT2D eigenvalue weighted by molar-refractivity contribution is 5.83. The van der Waals surface area contributed by atoms with Gasteiger partial charge >= 0.3 is 5.97 Å². The molecule has 1 unspecified atom stereocenters. The van der Waals surface area contributed by atoms with E-state index in [4.69, 9.17) is 9.47 Å². The monoisotopic (exact) mass is 516 g/mol. The molecule has 1 aromatic heterocycles. The fraction of sp³-hybridized carbons (Fsp3) is 0.419. The van der Waals surface area contributed by atoms with Gasteiger partial charge < -0.3 is 19.7 Å². The molecule has 0 bridgehead atoms. The van der Waals surface area contributed by atoms with Gasteiger partial charge in [-0.15, -0.1) is 0 Å². The highest BCUT2D eigenvalue weighted by Gasteiger charge is 2.30. The van der Waals surface area contributed by atoms with Crippen LogP contribution in [0.15, 0.2) is 54.7 Å². The number of nitrogens with zero attached hydrogens (tertiary/aromatic N) is 2. The zero-order chi connectivity index (χ0) is 26.9. The van der Waals surface area contributed by atoms with Crippen LogP contribution in [0.1, 0.15) is 49.3 Å². The molecule has 1 fully saturated rings. The minimum atomic E-state index is -0.769. The Hall–Kier alpha value is -3.60. The molecule has 1 aliphatic rings. The topological polar surface area (TPSA) is 92.1 Å². The predicted molar refractivity (Wildman–Crippen MR) is 147 cm³/mol. The van der Waals surface area contributed by atoms with E-state index in [1.165, 1.54) is 0 Å². The minimum Gasteiger partial charge on any atom is -0.497 e. The maximum Gasteiger partial charge on any atom is 0.303 e. The molecule has 200 valence electrons. The number of aromatic nitrogens is 1. The summed E-state index contributed by atoms with van der Waals surface area (Å²) in [7, 11) is 3.27. The molecule has 0 saturated carbocycles. The molecular formula is C31H36N2O5. The SMILES string of the molecule is COc1ccc2nccc(C(O)CC[C@@H]3CCN(CC#Cc4ccccc4OC)C[C@@H]3CCC(=O)O)c2c1. The van der Waals surface area contributed by atoms with Crippen LogP contribution >= 0.6 is 0 Å². The molecule has 0 spiro atoms. The van der Waals surface area contributed by atoms with Gasteiger partial charge in [0.2, 0.25) is 0 Å². The van der Waals surface area contributed by atoms with Gasteiger partial charge in [-0.3, -0.25) is 14.7 Å². The van der Waals surface area contributed by atoms with Crippen molar-refractivity contribution in [2.24, 2.45) is 11.8 Å². The first-order chi connectivity index (χ1) is 18.5. The molecule has 7 nitrogen and oxygen atoms in total. The first-order valence-corrected chi connectivity index (χ1v) is 13.1. The zero-order valence-corrected chi connectivity index (χ0v) is 22.1. The van der Waals surface area contributed by atoms with Gasteiger partial charge in [-0.25, -0.2) is 0 Å². The van der Waals surface area contributed by atoms with E-state index in [2.05, 4.69) is 21.7 Å². The molecule has 0 aliphatic carbocycles. The quantitative estimate of drug-likeness (QED) is 0.370. The Balaban J connectivity index is 1.40. The Labute approximate surface area is 224 Å². The average Bonchev–Trinajstić information content (AvgIpc) is 2.94. The minimum absolute atomic E-state index is 0.152. The number of aliphatic hydroxyl groups excluding tert-OH is 1. The molecular weight excluding hydrogens is 480 g/mol. The standard InChI is InChI=1S/C31H36N2O5/c1-37-25-11-12-28-27(20-25)26(15-17-32-28)29(34)13-9-22-16-19-33(21-24(22)10-14-31(35)36)18-5-7-23-6-3-4-8-30(23)38-2/h3-4,6,8,11-12,15,17,20,22,24,29,34H,9-10,13-14,16,18-19,21H2,1-2H3,(H,35,36)/t22-,24+,29?/m1/s1. The van der Waals surface area contributed by atoms with E-state index >= 15 is 0 Å². The summed E-state index contributed by atoms with van der Waals surface area (Å²) in [5.74, 6) is 7.80. The van der Waals surface area contributed by atoms with Crippen LogP contribution in [0.2, 0.25) is 0 Å². The molecule has 2 aromatic carbocycles. The smallest absolute Gasteiger partial charge is 0.303 e.